The second kappa shape index (κ2) is 7.65. The molecule has 1 rings (SSSR count). The highest BCUT2D eigenvalue weighted by Gasteiger charge is 2.38. The van der Waals surface area contributed by atoms with Crippen molar-refractivity contribution in [2.75, 3.05) is 13.1 Å². The topological polar surface area (TPSA) is 57.6 Å². The van der Waals surface area contributed by atoms with Gasteiger partial charge in [-0.1, -0.05) is 27.2 Å². The van der Waals surface area contributed by atoms with E-state index in [4.69, 9.17) is 0 Å². The summed E-state index contributed by atoms with van der Waals surface area (Å²) in [6, 6.07) is 0. The van der Waals surface area contributed by atoms with Crippen molar-refractivity contribution in [3.8, 4) is 0 Å². The van der Waals surface area contributed by atoms with Crippen LogP contribution in [0.2, 0.25) is 0 Å². The number of rotatable bonds is 6. The Bertz CT molecular complexity index is 337. The highest BCUT2D eigenvalue weighted by molar-refractivity contribution is 5.85. The quantitative estimate of drug-likeness (QED) is 0.813. The van der Waals surface area contributed by atoms with E-state index in [1.54, 1.807) is 0 Å². The van der Waals surface area contributed by atoms with Gasteiger partial charge in [0.25, 0.3) is 0 Å². The molecule has 0 saturated carbocycles. The lowest BCUT2D eigenvalue weighted by Crippen LogP contribution is -2.39. The first kappa shape index (κ1) is 17.0. The lowest BCUT2D eigenvalue weighted by molar-refractivity contribution is -0.154. The van der Waals surface area contributed by atoms with E-state index in [2.05, 4.69) is 6.92 Å². The Hall–Kier alpha value is -1.06. The number of nitrogens with zero attached hydrogens (tertiary/aromatic N) is 1. The minimum atomic E-state index is -0.881. The number of carbonyl (C=O) groups is 2. The monoisotopic (exact) mass is 283 g/mol. The number of carboxylic acid groups (broad SMARTS) is 1. The summed E-state index contributed by atoms with van der Waals surface area (Å²) < 4.78 is 0. The number of amides is 1. The maximum absolute atomic E-state index is 12.4. The maximum Gasteiger partial charge on any atom is 0.310 e. The van der Waals surface area contributed by atoms with Gasteiger partial charge in [0.05, 0.1) is 5.41 Å². The smallest absolute Gasteiger partial charge is 0.310 e. The summed E-state index contributed by atoms with van der Waals surface area (Å²) in [5.74, 6) is -0.0978. The molecule has 1 unspecified atom stereocenters. The van der Waals surface area contributed by atoms with Gasteiger partial charge in [0.2, 0.25) is 5.91 Å². The highest BCUT2D eigenvalue weighted by atomic mass is 16.4. The van der Waals surface area contributed by atoms with Gasteiger partial charge in [0, 0.05) is 19.5 Å². The van der Waals surface area contributed by atoms with Crippen LogP contribution in [-0.4, -0.2) is 35.0 Å². The summed E-state index contributed by atoms with van der Waals surface area (Å²) in [6.45, 7) is 7.51. The Labute approximate surface area is 122 Å². The molecule has 0 aromatic rings. The third-order valence-electron chi connectivity index (χ3n) is 5.07. The molecular formula is C16H29NO3. The second-order valence-electron chi connectivity index (χ2n) is 6.06. The van der Waals surface area contributed by atoms with Crippen molar-refractivity contribution in [2.45, 2.75) is 65.7 Å². The van der Waals surface area contributed by atoms with Gasteiger partial charge in [-0.15, -0.1) is 0 Å². The van der Waals surface area contributed by atoms with E-state index in [1.165, 1.54) is 12.8 Å². The number of carboxylic acids is 1. The summed E-state index contributed by atoms with van der Waals surface area (Å²) in [4.78, 5) is 25.8. The number of likely N-dealkylation sites (tertiary alicyclic amines) is 1. The molecule has 1 heterocycles. The third kappa shape index (κ3) is 3.97. The molecule has 1 aliphatic rings. The Kier molecular flexibility index (Phi) is 6.50. The summed E-state index contributed by atoms with van der Waals surface area (Å²) in [5, 5.41) is 9.44. The summed E-state index contributed by atoms with van der Waals surface area (Å²) in [5.41, 5.74) is -0.881. The van der Waals surface area contributed by atoms with Crippen molar-refractivity contribution >= 4 is 11.9 Å². The average molecular weight is 283 g/mol. The summed E-state index contributed by atoms with van der Waals surface area (Å²) in [6.07, 6.45) is 5.62. The molecular weight excluding hydrogens is 254 g/mol. The Morgan fingerprint density at radius 1 is 1.15 bits per heavy atom. The SMILES string of the molecule is CCC1CCCN(C(=O)CC(CC)(CC)C(=O)O)CC1. The van der Waals surface area contributed by atoms with Gasteiger partial charge in [-0.25, -0.2) is 0 Å². The number of hydrogen-bond acceptors (Lipinski definition) is 2. The van der Waals surface area contributed by atoms with Crippen molar-refractivity contribution in [3.05, 3.63) is 0 Å². The molecule has 1 atom stereocenters. The minimum Gasteiger partial charge on any atom is -0.481 e. The third-order valence-corrected chi connectivity index (χ3v) is 5.07. The molecule has 1 aliphatic heterocycles. The predicted molar refractivity (Wildman–Crippen MR) is 79.5 cm³/mol. The molecule has 0 aliphatic carbocycles. The lowest BCUT2D eigenvalue weighted by atomic mass is 9.79. The number of carbonyl (C=O) groups excluding carboxylic acids is 1. The van der Waals surface area contributed by atoms with Gasteiger partial charge in [0.1, 0.15) is 0 Å². The summed E-state index contributed by atoms with van der Waals surface area (Å²) >= 11 is 0. The molecule has 1 amide bonds. The minimum absolute atomic E-state index is 0.0212. The normalized spacial score (nSPS) is 20.6. The molecule has 20 heavy (non-hydrogen) atoms. The maximum atomic E-state index is 12.4. The van der Waals surface area contributed by atoms with Gasteiger partial charge in [-0.05, 0) is 38.0 Å². The summed E-state index contributed by atoms with van der Waals surface area (Å²) in [7, 11) is 0. The first-order valence-corrected chi connectivity index (χ1v) is 8.00. The van der Waals surface area contributed by atoms with Crippen LogP contribution in [0.4, 0.5) is 0 Å². The molecule has 116 valence electrons. The van der Waals surface area contributed by atoms with E-state index >= 15 is 0 Å². The molecule has 0 bridgehead atoms. The van der Waals surface area contributed by atoms with Crippen LogP contribution >= 0.6 is 0 Å². The fourth-order valence-electron chi connectivity index (χ4n) is 3.10. The molecule has 0 radical (unpaired) electrons. The molecule has 1 fully saturated rings. The van der Waals surface area contributed by atoms with Crippen LogP contribution in [0.1, 0.15) is 65.7 Å². The van der Waals surface area contributed by atoms with Gasteiger partial charge in [-0.2, -0.15) is 0 Å². The zero-order valence-corrected chi connectivity index (χ0v) is 13.2. The molecule has 0 aromatic heterocycles. The fourth-order valence-corrected chi connectivity index (χ4v) is 3.10. The predicted octanol–water partition coefficient (Wildman–Crippen LogP) is 3.31. The van der Waals surface area contributed by atoms with Crippen LogP contribution in [-0.2, 0) is 9.59 Å². The van der Waals surface area contributed by atoms with E-state index in [9.17, 15) is 14.7 Å². The fraction of sp³-hybridized carbons (Fsp3) is 0.875. The standard InChI is InChI=1S/C16H29NO3/c1-4-13-8-7-10-17(11-9-13)14(18)12-16(5-2,6-3)15(19)20/h13H,4-12H2,1-3H3,(H,19,20). The molecule has 1 N–H and O–H groups in total. The van der Waals surface area contributed by atoms with Gasteiger partial charge in [-0.3, -0.25) is 9.59 Å². The van der Waals surface area contributed by atoms with Crippen LogP contribution in [0.3, 0.4) is 0 Å². The van der Waals surface area contributed by atoms with E-state index in [0.717, 1.165) is 31.8 Å². The van der Waals surface area contributed by atoms with Crippen molar-refractivity contribution in [2.24, 2.45) is 11.3 Å². The number of hydrogen-bond donors (Lipinski definition) is 1. The van der Waals surface area contributed by atoms with Crippen molar-refractivity contribution in [1.29, 1.82) is 0 Å². The van der Waals surface area contributed by atoms with E-state index < -0.39 is 11.4 Å². The van der Waals surface area contributed by atoms with Gasteiger partial charge in [0.15, 0.2) is 0 Å². The largest absolute Gasteiger partial charge is 0.481 e. The van der Waals surface area contributed by atoms with Gasteiger partial charge >= 0.3 is 5.97 Å². The van der Waals surface area contributed by atoms with Crippen LogP contribution in [0, 0.1) is 11.3 Å². The van der Waals surface area contributed by atoms with E-state index in [0.29, 0.717) is 12.8 Å². The molecule has 4 heteroatoms. The van der Waals surface area contributed by atoms with Crippen molar-refractivity contribution in [1.82, 2.24) is 4.90 Å². The van der Waals surface area contributed by atoms with Crippen LogP contribution in [0.15, 0.2) is 0 Å². The molecule has 0 aromatic carbocycles. The molecule has 4 nitrogen and oxygen atoms in total. The van der Waals surface area contributed by atoms with Crippen LogP contribution < -0.4 is 0 Å². The molecule has 1 saturated heterocycles. The highest BCUT2D eigenvalue weighted by Crippen LogP contribution is 2.32. The van der Waals surface area contributed by atoms with Crippen LogP contribution in [0.5, 0.6) is 0 Å². The van der Waals surface area contributed by atoms with Crippen LogP contribution in [0.25, 0.3) is 0 Å². The number of aliphatic carboxylic acids is 1. The average Bonchev–Trinajstić information content (AvgIpc) is 2.69. The first-order chi connectivity index (χ1) is 9.49. The van der Waals surface area contributed by atoms with E-state index in [1.807, 2.05) is 18.7 Å². The zero-order valence-electron chi connectivity index (χ0n) is 13.2. The Morgan fingerprint density at radius 3 is 2.30 bits per heavy atom. The van der Waals surface area contributed by atoms with E-state index in [-0.39, 0.29) is 12.3 Å². The Balaban J connectivity index is 2.67. The van der Waals surface area contributed by atoms with Gasteiger partial charge < -0.3 is 10.0 Å². The zero-order chi connectivity index (χ0) is 15.2. The van der Waals surface area contributed by atoms with Crippen molar-refractivity contribution in [3.63, 3.8) is 0 Å². The Morgan fingerprint density at radius 2 is 1.80 bits per heavy atom. The van der Waals surface area contributed by atoms with Crippen molar-refractivity contribution < 1.29 is 14.7 Å². The first-order valence-electron chi connectivity index (χ1n) is 8.00. The second-order valence-corrected chi connectivity index (χ2v) is 6.06. The lowest BCUT2D eigenvalue weighted by Gasteiger charge is -2.29. The molecule has 0 spiro atoms.